The molecule has 0 amide bonds. The first-order chi connectivity index (χ1) is 25.5. The van der Waals surface area contributed by atoms with Crippen LogP contribution in [-0.2, 0) is 36.2 Å². The Kier molecular flexibility index (Phi) is 13.7. The maximum absolute atomic E-state index is 2.40. The maximum atomic E-state index is 2.40. The molecule has 8 rings (SSSR count). The van der Waals surface area contributed by atoms with Crippen molar-refractivity contribution in [1.82, 2.24) is 0 Å². The monoisotopic (exact) mass is 770 g/mol. The summed E-state index contributed by atoms with van der Waals surface area (Å²) in [7, 11) is 0. The quantitative estimate of drug-likeness (QED) is 0.0738. The Morgan fingerprint density at radius 3 is 1.19 bits per heavy atom. The number of hydrogen-bond acceptors (Lipinski definition) is 0. The van der Waals surface area contributed by atoms with Gasteiger partial charge in [0.1, 0.15) is 0 Å². The van der Waals surface area contributed by atoms with Crippen molar-refractivity contribution in [2.75, 3.05) is 0 Å². The number of fused-ring (bicyclic) bond motifs is 4. The number of unbranched alkanes of at least 4 members (excludes halogenated alkanes) is 4. The average Bonchev–Trinajstić information content (AvgIpc) is 3.79. The van der Waals surface area contributed by atoms with Crippen LogP contribution < -0.4 is 0 Å². The first-order valence-corrected chi connectivity index (χ1v) is 25.5. The Morgan fingerprint density at radius 1 is 0.442 bits per heavy atom. The van der Waals surface area contributed by atoms with Gasteiger partial charge in [0.2, 0.25) is 0 Å². The van der Waals surface area contributed by atoms with Crippen LogP contribution in [0, 0.1) is 0 Å². The second-order valence-electron chi connectivity index (χ2n) is 14.3. The van der Waals surface area contributed by atoms with Gasteiger partial charge in [0.05, 0.1) is 0 Å². The SMILES string of the molecule is CCCCCc1cc2c(-c3cccc4ccccc34)cccc2[cH-]1.CCCCCc1cc2c(-c3cccc4ccccc34)cccc2[cH-]1.C[Si](C)=[Zr+2]. The second kappa shape index (κ2) is 18.8. The van der Waals surface area contributed by atoms with Gasteiger partial charge in [-0.25, -0.2) is 0 Å². The van der Waals surface area contributed by atoms with Gasteiger partial charge in [-0.1, -0.05) is 161 Å². The zero-order valence-electron chi connectivity index (χ0n) is 31.5. The first-order valence-electron chi connectivity index (χ1n) is 19.3. The van der Waals surface area contributed by atoms with E-state index in [1.54, 1.807) is 23.3 Å². The van der Waals surface area contributed by atoms with Gasteiger partial charge in [0.15, 0.2) is 0 Å². The van der Waals surface area contributed by atoms with Crippen molar-refractivity contribution in [3.63, 3.8) is 0 Å². The Labute approximate surface area is 327 Å². The van der Waals surface area contributed by atoms with Crippen LogP contribution in [0.15, 0.2) is 146 Å². The molecule has 0 fully saturated rings. The normalized spacial score (nSPS) is 11.0. The van der Waals surface area contributed by atoms with E-state index in [9.17, 15) is 0 Å². The molecule has 0 N–H and O–H groups in total. The third kappa shape index (κ3) is 9.38. The van der Waals surface area contributed by atoms with E-state index in [4.69, 9.17) is 0 Å². The molecule has 0 saturated heterocycles. The molecule has 0 atom stereocenters. The molecule has 0 aliphatic carbocycles. The summed E-state index contributed by atoms with van der Waals surface area (Å²) in [5, 5.41) is 10.8. The molecule has 0 aliphatic heterocycles. The molecular weight excluding hydrogens is 720 g/mol. The van der Waals surface area contributed by atoms with Gasteiger partial charge in [-0.3, -0.25) is 0 Å². The summed E-state index contributed by atoms with van der Waals surface area (Å²) < 4.78 is 0. The van der Waals surface area contributed by atoms with E-state index in [1.807, 2.05) is 0 Å². The Hall–Kier alpha value is -3.84. The van der Waals surface area contributed by atoms with Crippen LogP contribution in [0.2, 0.25) is 13.1 Å². The number of rotatable bonds is 10. The molecule has 0 aromatic heterocycles. The van der Waals surface area contributed by atoms with Crippen LogP contribution in [0.4, 0.5) is 0 Å². The minimum atomic E-state index is 0.210. The molecule has 0 spiro atoms. The zero-order valence-corrected chi connectivity index (χ0v) is 35.0. The van der Waals surface area contributed by atoms with E-state index in [-0.39, 0.29) is 5.43 Å². The van der Waals surface area contributed by atoms with Gasteiger partial charge in [-0.15, -0.1) is 69.1 Å². The summed E-state index contributed by atoms with van der Waals surface area (Å²) in [6, 6.07) is 53.5. The zero-order chi connectivity index (χ0) is 36.3. The Bertz CT molecular complexity index is 2210. The van der Waals surface area contributed by atoms with Crippen molar-refractivity contribution in [2.24, 2.45) is 0 Å². The summed E-state index contributed by atoms with van der Waals surface area (Å²) in [6.45, 7) is 9.15. The van der Waals surface area contributed by atoms with Crippen molar-refractivity contribution < 1.29 is 23.3 Å². The van der Waals surface area contributed by atoms with Crippen molar-refractivity contribution in [1.29, 1.82) is 0 Å². The molecule has 260 valence electrons. The fraction of sp³-hybridized carbons (Fsp3) is 0.240. The molecule has 0 radical (unpaired) electrons. The summed E-state index contributed by atoms with van der Waals surface area (Å²) in [5.74, 6) is 0. The summed E-state index contributed by atoms with van der Waals surface area (Å²) >= 11 is 1.74. The standard InChI is InChI=1S/2C24H23.C2H6Si.Zr/c2*1-2-3-4-9-18-16-20-12-8-15-23(24(20)17-18)22-14-7-11-19-10-5-6-13-21(19)22;1-3-2;/h2*5-8,10-17H,2-4,9H2,1H3;1-2H3;/q2*-1;;+2. The van der Waals surface area contributed by atoms with E-state index in [1.165, 1.54) is 128 Å². The Morgan fingerprint density at radius 2 is 0.788 bits per heavy atom. The molecule has 0 saturated carbocycles. The molecule has 8 aromatic rings. The van der Waals surface area contributed by atoms with Crippen LogP contribution in [0.1, 0.15) is 63.5 Å². The predicted molar refractivity (Wildman–Crippen MR) is 229 cm³/mol. The summed E-state index contributed by atoms with van der Waals surface area (Å²) in [4.78, 5) is 0. The first kappa shape index (κ1) is 37.9. The van der Waals surface area contributed by atoms with Crippen LogP contribution in [0.3, 0.4) is 0 Å². The molecular formula is C50H52SiZr. The topological polar surface area (TPSA) is 0 Å². The van der Waals surface area contributed by atoms with Crippen LogP contribution in [0.5, 0.6) is 0 Å². The van der Waals surface area contributed by atoms with Crippen LogP contribution in [-0.4, -0.2) is 5.43 Å². The van der Waals surface area contributed by atoms with Gasteiger partial charge in [-0.2, -0.15) is 12.1 Å². The second-order valence-corrected chi connectivity index (χ2v) is 23.7. The molecule has 0 bridgehead atoms. The third-order valence-electron chi connectivity index (χ3n) is 9.92. The molecule has 52 heavy (non-hydrogen) atoms. The van der Waals surface area contributed by atoms with Crippen molar-refractivity contribution >= 4 is 48.5 Å². The molecule has 0 unspecified atom stereocenters. The van der Waals surface area contributed by atoms with E-state index < -0.39 is 0 Å². The Balaban J connectivity index is 0.000000162. The van der Waals surface area contributed by atoms with Gasteiger partial charge in [-0.05, 0) is 45.5 Å². The van der Waals surface area contributed by atoms with E-state index in [0.717, 1.165) is 0 Å². The fourth-order valence-electron chi connectivity index (χ4n) is 7.43. The molecule has 0 heterocycles. The number of aryl methyl sites for hydroxylation is 2. The predicted octanol–water partition coefficient (Wildman–Crippen LogP) is 15.0. The molecule has 0 nitrogen and oxygen atoms in total. The third-order valence-corrected chi connectivity index (χ3v) is 9.92. The number of hydrogen-bond donors (Lipinski definition) is 0. The van der Waals surface area contributed by atoms with Crippen molar-refractivity contribution in [2.45, 2.75) is 78.3 Å². The van der Waals surface area contributed by atoms with Crippen LogP contribution in [0.25, 0.3) is 65.3 Å². The van der Waals surface area contributed by atoms with Gasteiger partial charge in [0, 0.05) is 0 Å². The minimum absolute atomic E-state index is 0.210. The average molecular weight is 772 g/mol. The van der Waals surface area contributed by atoms with Crippen molar-refractivity contribution in [3.8, 4) is 22.3 Å². The summed E-state index contributed by atoms with van der Waals surface area (Å²) in [5.41, 5.74) is 8.55. The van der Waals surface area contributed by atoms with Gasteiger partial charge in [0.25, 0.3) is 0 Å². The summed E-state index contributed by atoms with van der Waals surface area (Å²) in [6.07, 6.45) is 10.2. The van der Waals surface area contributed by atoms with E-state index in [2.05, 4.69) is 173 Å². The number of benzene rings is 6. The molecule has 2 heteroatoms. The van der Waals surface area contributed by atoms with Crippen LogP contribution >= 0.6 is 0 Å². The van der Waals surface area contributed by atoms with Gasteiger partial charge >= 0.3 is 41.9 Å². The van der Waals surface area contributed by atoms with Crippen molar-refractivity contribution in [3.05, 3.63) is 157 Å². The van der Waals surface area contributed by atoms with E-state index >= 15 is 0 Å². The fourth-order valence-corrected chi connectivity index (χ4v) is 7.43. The van der Waals surface area contributed by atoms with E-state index in [0.29, 0.717) is 0 Å². The van der Waals surface area contributed by atoms with Gasteiger partial charge < -0.3 is 0 Å². The molecule has 0 aliphatic rings. The molecule has 8 aromatic carbocycles.